The van der Waals surface area contributed by atoms with Crippen molar-refractivity contribution >= 4 is 49.9 Å². The van der Waals surface area contributed by atoms with Gasteiger partial charge >= 0.3 is 0 Å². The molecule has 1 saturated heterocycles. The molecule has 1 fully saturated rings. The number of fused-ring (bicyclic) bond motifs is 1. The number of aromatic nitrogens is 4. The second-order valence-corrected chi connectivity index (χ2v) is 11.9. The van der Waals surface area contributed by atoms with Gasteiger partial charge in [0, 0.05) is 36.1 Å². The van der Waals surface area contributed by atoms with Gasteiger partial charge in [0.1, 0.15) is 5.78 Å². The van der Waals surface area contributed by atoms with Gasteiger partial charge in [-0.2, -0.15) is 5.10 Å². The van der Waals surface area contributed by atoms with Crippen LogP contribution in [0.3, 0.4) is 0 Å². The molecule has 0 amide bonds. The number of aryl methyl sites for hydroxylation is 1. The van der Waals surface area contributed by atoms with Crippen molar-refractivity contribution in [1.29, 1.82) is 0 Å². The van der Waals surface area contributed by atoms with Crippen LogP contribution in [0.2, 0.25) is 10.0 Å². The molecule has 2 aromatic carbocycles. The Balaban J connectivity index is 1.36. The molecule has 4 aromatic rings. The van der Waals surface area contributed by atoms with Gasteiger partial charge in [-0.15, -0.1) is 0 Å². The maximum atomic E-state index is 12.9. The summed E-state index contributed by atoms with van der Waals surface area (Å²) < 4.78 is 31.1. The smallest absolute Gasteiger partial charge is 0.185 e. The van der Waals surface area contributed by atoms with Crippen molar-refractivity contribution in [3.8, 4) is 11.4 Å². The Morgan fingerprint density at radius 3 is 2.54 bits per heavy atom. The molecule has 0 atom stereocenters. The molecule has 3 heterocycles. The molecule has 0 unspecified atom stereocenters. The van der Waals surface area contributed by atoms with Gasteiger partial charge in [0.05, 0.1) is 32.4 Å². The van der Waals surface area contributed by atoms with Gasteiger partial charge in [-0.25, -0.2) is 18.4 Å². The molecule has 0 aliphatic carbocycles. The molecule has 8 nitrogen and oxygen atoms in total. The molecule has 0 radical (unpaired) electrons. The molecule has 192 valence electrons. The summed E-state index contributed by atoms with van der Waals surface area (Å²) >= 11 is 12.1. The van der Waals surface area contributed by atoms with Crippen LogP contribution in [0.5, 0.6) is 0 Å². The number of rotatable bonds is 7. The summed E-state index contributed by atoms with van der Waals surface area (Å²) in [5, 5.41) is 8.48. The minimum absolute atomic E-state index is 0.000194. The number of ether oxygens (including phenoxy) is 1. The van der Waals surface area contributed by atoms with Crippen LogP contribution < -0.4 is 0 Å². The Bertz CT molecular complexity index is 1580. The summed E-state index contributed by atoms with van der Waals surface area (Å²) in [6, 6.07) is 11.3. The van der Waals surface area contributed by atoms with Crippen LogP contribution >= 0.6 is 23.2 Å². The van der Waals surface area contributed by atoms with Gasteiger partial charge in [0.15, 0.2) is 21.3 Å². The summed E-state index contributed by atoms with van der Waals surface area (Å²) in [7, 11) is -3.69. The quantitative estimate of drug-likeness (QED) is 0.333. The molecule has 2 aromatic heterocycles. The highest BCUT2D eigenvalue weighted by Crippen LogP contribution is 2.29. The van der Waals surface area contributed by atoms with Gasteiger partial charge in [0.25, 0.3) is 0 Å². The van der Waals surface area contributed by atoms with Crippen LogP contribution in [-0.4, -0.2) is 47.6 Å². The van der Waals surface area contributed by atoms with Crippen molar-refractivity contribution in [2.45, 2.75) is 36.8 Å². The van der Waals surface area contributed by atoms with Crippen molar-refractivity contribution in [3.05, 3.63) is 69.5 Å². The molecule has 37 heavy (non-hydrogen) atoms. The average Bonchev–Trinajstić information content (AvgIpc) is 3.29. The number of Topliss-reactive ketones (excluding diaryl/α,β-unsaturated/α-hetero) is 1. The fourth-order valence-electron chi connectivity index (χ4n) is 4.53. The van der Waals surface area contributed by atoms with Gasteiger partial charge in [-0.05, 0) is 43.5 Å². The van der Waals surface area contributed by atoms with Gasteiger partial charge in [0.2, 0.25) is 0 Å². The lowest BCUT2D eigenvalue weighted by Gasteiger charge is -2.20. The van der Waals surface area contributed by atoms with Crippen molar-refractivity contribution in [3.63, 3.8) is 0 Å². The molecule has 0 spiro atoms. The lowest BCUT2D eigenvalue weighted by molar-refractivity contribution is -0.125. The number of ketones is 1. The number of carbonyl (C=O) groups is 1. The summed E-state index contributed by atoms with van der Waals surface area (Å²) in [5.74, 6) is 0.411. The number of sulfone groups is 1. The third kappa shape index (κ3) is 5.55. The lowest BCUT2D eigenvalue weighted by atomic mass is 9.92. The number of hydrogen-bond acceptors (Lipinski definition) is 7. The maximum Gasteiger partial charge on any atom is 0.185 e. The molecule has 1 N–H and O–H groups in total. The first-order chi connectivity index (χ1) is 17.7. The van der Waals surface area contributed by atoms with Crippen molar-refractivity contribution in [1.82, 2.24) is 20.2 Å². The molecule has 1 aliphatic rings. The Morgan fingerprint density at radius 2 is 1.81 bits per heavy atom. The second kappa shape index (κ2) is 10.5. The van der Waals surface area contributed by atoms with Crippen LogP contribution in [0.1, 0.15) is 29.8 Å². The molecular weight excluding hydrogens is 535 g/mol. The minimum atomic E-state index is -3.69. The second-order valence-electron chi connectivity index (χ2n) is 9.09. The van der Waals surface area contributed by atoms with E-state index in [9.17, 15) is 13.2 Å². The van der Waals surface area contributed by atoms with Crippen molar-refractivity contribution < 1.29 is 17.9 Å². The number of nitrogens with zero attached hydrogens (tertiary/aromatic N) is 3. The number of hydrogen-bond donors (Lipinski definition) is 1. The Hall–Kier alpha value is -2.85. The molecule has 1 aliphatic heterocycles. The molecule has 0 saturated carbocycles. The number of carbonyl (C=O) groups excluding carboxylic acids is 1. The fraction of sp³-hybridized carbons (Fsp3) is 0.308. The first-order valence-electron chi connectivity index (χ1n) is 11.8. The van der Waals surface area contributed by atoms with E-state index in [-0.39, 0.29) is 33.8 Å². The first kappa shape index (κ1) is 25.8. The van der Waals surface area contributed by atoms with Crippen LogP contribution in [-0.2, 0) is 31.5 Å². The summed E-state index contributed by atoms with van der Waals surface area (Å²) in [5.41, 5.74) is 3.22. The van der Waals surface area contributed by atoms with E-state index >= 15 is 0 Å². The third-order valence-corrected chi connectivity index (χ3v) is 8.89. The van der Waals surface area contributed by atoms with E-state index in [1.165, 1.54) is 12.1 Å². The van der Waals surface area contributed by atoms with Crippen LogP contribution in [0.25, 0.3) is 22.4 Å². The van der Waals surface area contributed by atoms with E-state index in [1.807, 2.05) is 6.92 Å². The molecule has 0 bridgehead atoms. The zero-order valence-electron chi connectivity index (χ0n) is 20.0. The minimum Gasteiger partial charge on any atom is -0.381 e. The Labute approximate surface area is 224 Å². The fourth-order valence-corrected chi connectivity index (χ4v) is 6.69. The number of H-pyrrole nitrogens is 1. The maximum absolute atomic E-state index is 12.9. The van der Waals surface area contributed by atoms with Crippen molar-refractivity contribution in [2.75, 3.05) is 13.2 Å². The number of aromatic amines is 1. The highest BCUT2D eigenvalue weighted by Gasteiger charge is 2.24. The predicted octanol–water partition coefficient (Wildman–Crippen LogP) is 5.15. The van der Waals surface area contributed by atoms with E-state index in [2.05, 4.69) is 20.2 Å². The standard InChI is InChI=1S/C26H24Cl2N4O4S/c1-15-24-21(13-22(33)17-8-10-36-11-9-17)31-32-26(24)30-25(29-15)18-4-2-16(3-5-18)14-37(34,35)23-12-19(27)6-7-20(23)28/h2-7,12,17H,8-11,13-14H2,1H3,(H,29,30,31,32). The largest absolute Gasteiger partial charge is 0.381 e. The van der Waals surface area contributed by atoms with Crippen LogP contribution in [0.15, 0.2) is 47.4 Å². The van der Waals surface area contributed by atoms with Gasteiger partial charge < -0.3 is 4.74 Å². The van der Waals surface area contributed by atoms with E-state index in [0.29, 0.717) is 41.0 Å². The molecule has 11 heteroatoms. The normalized spacial score (nSPS) is 14.8. The summed E-state index contributed by atoms with van der Waals surface area (Å²) in [6.07, 6.45) is 1.74. The van der Waals surface area contributed by atoms with Gasteiger partial charge in [-0.1, -0.05) is 47.5 Å². The summed E-state index contributed by atoms with van der Waals surface area (Å²) in [4.78, 5) is 22.0. The predicted molar refractivity (Wildman–Crippen MR) is 141 cm³/mol. The topological polar surface area (TPSA) is 115 Å². The highest BCUT2D eigenvalue weighted by atomic mass is 35.5. The Kier molecular flexibility index (Phi) is 7.31. The van der Waals surface area contributed by atoms with Crippen LogP contribution in [0, 0.1) is 12.8 Å². The van der Waals surface area contributed by atoms with E-state index in [0.717, 1.165) is 29.5 Å². The molecular formula is C26H24Cl2N4O4S. The first-order valence-corrected chi connectivity index (χ1v) is 14.2. The lowest BCUT2D eigenvalue weighted by Crippen LogP contribution is -2.24. The molecule has 5 rings (SSSR count). The van der Waals surface area contributed by atoms with Crippen LogP contribution in [0.4, 0.5) is 0 Å². The zero-order valence-corrected chi connectivity index (χ0v) is 22.3. The van der Waals surface area contributed by atoms with Crippen molar-refractivity contribution in [2.24, 2.45) is 5.92 Å². The number of nitrogens with one attached hydrogen (secondary N) is 1. The highest BCUT2D eigenvalue weighted by molar-refractivity contribution is 7.90. The number of benzene rings is 2. The van der Waals surface area contributed by atoms with E-state index < -0.39 is 9.84 Å². The van der Waals surface area contributed by atoms with E-state index in [1.54, 1.807) is 30.3 Å². The monoisotopic (exact) mass is 558 g/mol. The summed E-state index contributed by atoms with van der Waals surface area (Å²) in [6.45, 7) is 3.09. The third-order valence-electron chi connectivity index (χ3n) is 6.49. The SMILES string of the molecule is Cc1nc(-c2ccc(CS(=O)(=O)c3cc(Cl)ccc3Cl)cc2)nc2n[nH]c(CC(=O)C3CCOCC3)c12. The number of halogens is 2. The Morgan fingerprint density at radius 1 is 1.08 bits per heavy atom. The van der Waals surface area contributed by atoms with Gasteiger partial charge in [-0.3, -0.25) is 9.89 Å². The zero-order chi connectivity index (χ0) is 26.2. The van der Waals surface area contributed by atoms with E-state index in [4.69, 9.17) is 27.9 Å². The average molecular weight is 559 g/mol.